The predicted molar refractivity (Wildman–Crippen MR) is 66.6 cm³/mol. The van der Waals surface area contributed by atoms with Crippen molar-refractivity contribution in [3.8, 4) is 0 Å². The molecular weight excluding hydrogens is 214 g/mol. The van der Waals surface area contributed by atoms with E-state index in [1.807, 2.05) is 42.2 Å². The molecule has 2 atom stereocenters. The van der Waals surface area contributed by atoms with Gasteiger partial charge in [0.15, 0.2) is 0 Å². The lowest BCUT2D eigenvalue weighted by molar-refractivity contribution is -0.132. The maximum Gasteiger partial charge on any atom is 0.222 e. The van der Waals surface area contributed by atoms with E-state index in [2.05, 4.69) is 0 Å². The smallest absolute Gasteiger partial charge is 0.222 e. The first-order valence-electron chi connectivity index (χ1n) is 6.24. The van der Waals surface area contributed by atoms with E-state index >= 15 is 0 Å². The Balaban J connectivity index is 2.09. The summed E-state index contributed by atoms with van der Waals surface area (Å²) in [6.07, 6.45) is 1.57. The molecule has 3 heteroatoms. The molecule has 2 rings (SSSR count). The van der Waals surface area contributed by atoms with Crippen molar-refractivity contribution in [2.24, 2.45) is 0 Å². The second-order valence-corrected chi connectivity index (χ2v) is 4.55. The maximum absolute atomic E-state index is 11.8. The lowest BCUT2D eigenvalue weighted by Crippen LogP contribution is -2.40. The first-order chi connectivity index (χ1) is 8.22. The Bertz CT molecular complexity index is 377. The van der Waals surface area contributed by atoms with E-state index in [1.165, 1.54) is 5.56 Å². The van der Waals surface area contributed by atoms with Crippen LogP contribution in [-0.2, 0) is 11.2 Å². The number of aliphatic hydroxyl groups is 1. The van der Waals surface area contributed by atoms with E-state index in [-0.39, 0.29) is 18.1 Å². The van der Waals surface area contributed by atoms with Gasteiger partial charge < -0.3 is 10.0 Å². The molecule has 1 aliphatic rings. The van der Waals surface area contributed by atoms with E-state index in [4.69, 9.17) is 0 Å². The average Bonchev–Trinajstić information content (AvgIpc) is 2.72. The molecule has 0 spiro atoms. The van der Waals surface area contributed by atoms with Gasteiger partial charge in [0.1, 0.15) is 0 Å². The highest BCUT2D eigenvalue weighted by Gasteiger charge is 2.34. The lowest BCUT2D eigenvalue weighted by atomic mass is 10.0. The van der Waals surface area contributed by atoms with Crippen molar-refractivity contribution in [2.75, 3.05) is 6.54 Å². The number of rotatable bonds is 3. The number of aliphatic hydroxyl groups excluding tert-OH is 1. The Labute approximate surface area is 102 Å². The normalized spacial score (nSPS) is 24.0. The fraction of sp³-hybridized carbons (Fsp3) is 0.500. The number of hydrogen-bond donors (Lipinski definition) is 1. The summed E-state index contributed by atoms with van der Waals surface area (Å²) >= 11 is 0. The Hall–Kier alpha value is -1.35. The topological polar surface area (TPSA) is 40.5 Å². The van der Waals surface area contributed by atoms with Crippen molar-refractivity contribution in [3.63, 3.8) is 0 Å². The van der Waals surface area contributed by atoms with Crippen LogP contribution >= 0.6 is 0 Å². The van der Waals surface area contributed by atoms with Gasteiger partial charge >= 0.3 is 0 Å². The van der Waals surface area contributed by atoms with Gasteiger partial charge in [-0.1, -0.05) is 37.3 Å². The Morgan fingerprint density at radius 1 is 1.41 bits per heavy atom. The fourth-order valence-electron chi connectivity index (χ4n) is 2.45. The zero-order valence-corrected chi connectivity index (χ0v) is 10.2. The Kier molecular flexibility index (Phi) is 3.79. The van der Waals surface area contributed by atoms with Crippen molar-refractivity contribution < 1.29 is 9.90 Å². The van der Waals surface area contributed by atoms with Gasteiger partial charge in [-0.25, -0.2) is 0 Å². The first kappa shape index (κ1) is 12.1. The summed E-state index contributed by atoms with van der Waals surface area (Å²) in [6, 6.07) is 9.98. The molecule has 0 aromatic heterocycles. The summed E-state index contributed by atoms with van der Waals surface area (Å²) < 4.78 is 0. The molecule has 0 unspecified atom stereocenters. The third kappa shape index (κ3) is 2.67. The standard InChI is InChI=1S/C14H19NO2/c1-2-14(17)15-9-8-13(16)12(15)10-11-6-4-3-5-7-11/h3-7,12-13,16H,2,8-10H2,1H3/t12-,13+/m0/s1. The van der Waals surface area contributed by atoms with Crippen LogP contribution in [0, 0.1) is 0 Å². The largest absolute Gasteiger partial charge is 0.391 e. The molecule has 0 radical (unpaired) electrons. The Morgan fingerprint density at radius 3 is 2.76 bits per heavy atom. The average molecular weight is 233 g/mol. The minimum absolute atomic E-state index is 0.0511. The van der Waals surface area contributed by atoms with Crippen LogP contribution in [0.3, 0.4) is 0 Å². The quantitative estimate of drug-likeness (QED) is 0.861. The van der Waals surface area contributed by atoms with Crippen LogP contribution in [0.2, 0.25) is 0 Å². The number of benzene rings is 1. The molecule has 17 heavy (non-hydrogen) atoms. The van der Waals surface area contributed by atoms with Gasteiger partial charge in [0, 0.05) is 13.0 Å². The number of carbonyl (C=O) groups excluding carboxylic acids is 1. The molecule has 1 N–H and O–H groups in total. The molecule has 0 aliphatic carbocycles. The Morgan fingerprint density at radius 2 is 2.12 bits per heavy atom. The fourth-order valence-corrected chi connectivity index (χ4v) is 2.45. The molecule has 92 valence electrons. The van der Waals surface area contributed by atoms with Gasteiger partial charge in [-0.05, 0) is 18.4 Å². The molecule has 1 saturated heterocycles. The minimum Gasteiger partial charge on any atom is -0.391 e. The van der Waals surface area contributed by atoms with Gasteiger partial charge in [0.05, 0.1) is 12.1 Å². The number of hydrogen-bond acceptors (Lipinski definition) is 2. The SMILES string of the molecule is CCC(=O)N1CC[C@@H](O)[C@@H]1Cc1ccccc1. The third-order valence-electron chi connectivity index (χ3n) is 3.42. The zero-order chi connectivity index (χ0) is 12.3. The van der Waals surface area contributed by atoms with Crippen LogP contribution in [0.1, 0.15) is 25.3 Å². The van der Waals surface area contributed by atoms with Gasteiger partial charge in [-0.15, -0.1) is 0 Å². The highest BCUT2D eigenvalue weighted by atomic mass is 16.3. The second-order valence-electron chi connectivity index (χ2n) is 4.55. The molecule has 1 aromatic rings. The highest BCUT2D eigenvalue weighted by Crippen LogP contribution is 2.22. The lowest BCUT2D eigenvalue weighted by Gasteiger charge is -2.26. The molecule has 1 aromatic carbocycles. The van der Waals surface area contributed by atoms with E-state index < -0.39 is 0 Å². The van der Waals surface area contributed by atoms with Crippen molar-refractivity contribution in [2.45, 2.75) is 38.3 Å². The summed E-state index contributed by atoms with van der Waals surface area (Å²) in [5, 5.41) is 9.97. The van der Waals surface area contributed by atoms with Crippen LogP contribution in [0.25, 0.3) is 0 Å². The molecule has 1 amide bonds. The van der Waals surface area contributed by atoms with E-state index in [0.29, 0.717) is 19.4 Å². The summed E-state index contributed by atoms with van der Waals surface area (Å²) in [7, 11) is 0. The van der Waals surface area contributed by atoms with Gasteiger partial charge in [0.25, 0.3) is 0 Å². The van der Waals surface area contributed by atoms with Crippen LogP contribution < -0.4 is 0 Å². The molecule has 0 saturated carbocycles. The monoisotopic (exact) mass is 233 g/mol. The summed E-state index contributed by atoms with van der Waals surface area (Å²) in [6.45, 7) is 2.55. The van der Waals surface area contributed by atoms with Crippen LogP contribution in [0.5, 0.6) is 0 Å². The zero-order valence-electron chi connectivity index (χ0n) is 10.2. The van der Waals surface area contributed by atoms with E-state index in [1.54, 1.807) is 0 Å². The van der Waals surface area contributed by atoms with Gasteiger partial charge in [-0.3, -0.25) is 4.79 Å². The maximum atomic E-state index is 11.8. The molecule has 1 aliphatic heterocycles. The summed E-state index contributed by atoms with van der Waals surface area (Å²) in [5.41, 5.74) is 1.17. The van der Waals surface area contributed by atoms with Crippen molar-refractivity contribution in [3.05, 3.63) is 35.9 Å². The van der Waals surface area contributed by atoms with Gasteiger partial charge in [-0.2, -0.15) is 0 Å². The van der Waals surface area contributed by atoms with E-state index in [0.717, 1.165) is 6.42 Å². The summed E-state index contributed by atoms with van der Waals surface area (Å²) in [5.74, 6) is 0.141. The highest BCUT2D eigenvalue weighted by molar-refractivity contribution is 5.76. The van der Waals surface area contributed by atoms with Crippen molar-refractivity contribution in [1.29, 1.82) is 0 Å². The molecule has 1 heterocycles. The summed E-state index contributed by atoms with van der Waals surface area (Å²) in [4.78, 5) is 13.6. The third-order valence-corrected chi connectivity index (χ3v) is 3.42. The van der Waals surface area contributed by atoms with Crippen LogP contribution in [-0.4, -0.2) is 34.6 Å². The van der Waals surface area contributed by atoms with Crippen molar-refractivity contribution in [1.82, 2.24) is 4.90 Å². The number of nitrogens with zero attached hydrogens (tertiary/aromatic N) is 1. The predicted octanol–water partition coefficient (Wildman–Crippen LogP) is 1.60. The molecule has 1 fully saturated rings. The van der Waals surface area contributed by atoms with Crippen LogP contribution in [0.4, 0.5) is 0 Å². The van der Waals surface area contributed by atoms with Crippen LogP contribution in [0.15, 0.2) is 30.3 Å². The van der Waals surface area contributed by atoms with E-state index in [9.17, 15) is 9.90 Å². The molecule has 0 bridgehead atoms. The molecular formula is C14H19NO2. The molecule has 3 nitrogen and oxygen atoms in total. The number of likely N-dealkylation sites (tertiary alicyclic amines) is 1. The van der Waals surface area contributed by atoms with Gasteiger partial charge in [0.2, 0.25) is 5.91 Å². The van der Waals surface area contributed by atoms with Crippen molar-refractivity contribution >= 4 is 5.91 Å². The second kappa shape index (κ2) is 5.32. The first-order valence-corrected chi connectivity index (χ1v) is 6.24. The number of amides is 1. The number of carbonyl (C=O) groups is 1. The minimum atomic E-state index is -0.384.